The molecule has 2 unspecified atom stereocenters. The third-order valence-corrected chi connectivity index (χ3v) is 4.96. The first-order chi connectivity index (χ1) is 7.63. The Kier molecular flexibility index (Phi) is 1.39. The van der Waals surface area contributed by atoms with E-state index < -0.39 is 0 Å². The van der Waals surface area contributed by atoms with Gasteiger partial charge in [0, 0.05) is 16.7 Å². The Bertz CT molecular complexity index is 472. The van der Waals surface area contributed by atoms with Crippen LogP contribution in [-0.2, 0) is 4.74 Å². The average Bonchev–Trinajstić information content (AvgIpc) is 2.60. The van der Waals surface area contributed by atoms with Gasteiger partial charge in [-0.25, -0.2) is 0 Å². The first-order valence-corrected chi connectivity index (χ1v) is 6.17. The van der Waals surface area contributed by atoms with Gasteiger partial charge in [0.25, 0.3) is 0 Å². The molecule has 1 saturated heterocycles. The Balaban J connectivity index is 1.94. The third-order valence-electron chi connectivity index (χ3n) is 4.96. The van der Waals surface area contributed by atoms with E-state index >= 15 is 0 Å². The maximum Gasteiger partial charge on any atom is 0.0927 e. The van der Waals surface area contributed by atoms with Crippen molar-refractivity contribution in [1.29, 1.82) is 0 Å². The summed E-state index contributed by atoms with van der Waals surface area (Å²) in [5.41, 5.74) is 2.96. The van der Waals surface area contributed by atoms with Gasteiger partial charge in [0.2, 0.25) is 0 Å². The molecule has 2 heteroatoms. The van der Waals surface area contributed by atoms with Crippen LogP contribution >= 0.6 is 0 Å². The van der Waals surface area contributed by atoms with Gasteiger partial charge < -0.3 is 10.1 Å². The Hall–Kier alpha value is -1.02. The van der Waals surface area contributed by atoms with Crippen LogP contribution in [0.3, 0.4) is 0 Å². The second-order valence-corrected chi connectivity index (χ2v) is 5.98. The Morgan fingerprint density at radius 1 is 1.25 bits per heavy atom. The van der Waals surface area contributed by atoms with Crippen LogP contribution in [0.5, 0.6) is 0 Å². The van der Waals surface area contributed by atoms with Crippen molar-refractivity contribution in [2.45, 2.75) is 44.4 Å². The quantitative estimate of drug-likeness (QED) is 0.718. The van der Waals surface area contributed by atoms with E-state index in [9.17, 15) is 0 Å². The highest BCUT2D eigenvalue weighted by molar-refractivity contribution is 5.59. The van der Waals surface area contributed by atoms with E-state index in [2.05, 4.69) is 43.4 Å². The first-order valence-electron chi connectivity index (χ1n) is 6.17. The fourth-order valence-corrected chi connectivity index (χ4v) is 4.07. The van der Waals surface area contributed by atoms with Crippen LogP contribution in [0, 0.1) is 5.41 Å². The summed E-state index contributed by atoms with van der Waals surface area (Å²) in [6, 6.07) is 9.08. The Morgan fingerprint density at radius 3 is 2.94 bits per heavy atom. The number of ether oxygens (including phenoxy) is 1. The van der Waals surface area contributed by atoms with Crippen LogP contribution in [-0.4, -0.2) is 11.6 Å². The lowest BCUT2D eigenvalue weighted by atomic mass is 9.74. The number of benzene rings is 1. The van der Waals surface area contributed by atoms with Crippen molar-refractivity contribution < 1.29 is 4.74 Å². The van der Waals surface area contributed by atoms with Crippen LogP contribution in [0.15, 0.2) is 24.3 Å². The highest BCUT2D eigenvalue weighted by Gasteiger charge is 2.66. The zero-order chi connectivity index (χ0) is 11.0. The molecule has 2 nitrogen and oxygen atoms in total. The largest absolute Gasteiger partial charge is 0.378 e. The fourth-order valence-electron chi connectivity index (χ4n) is 4.07. The van der Waals surface area contributed by atoms with Crippen LogP contribution < -0.4 is 5.32 Å². The second-order valence-electron chi connectivity index (χ2n) is 5.98. The number of anilines is 1. The monoisotopic (exact) mass is 215 g/mol. The van der Waals surface area contributed by atoms with Crippen molar-refractivity contribution >= 4 is 5.69 Å². The Labute approximate surface area is 96.0 Å². The van der Waals surface area contributed by atoms with Crippen LogP contribution in [0.1, 0.15) is 38.4 Å². The molecule has 4 bridgehead atoms. The highest BCUT2D eigenvalue weighted by Crippen LogP contribution is 2.65. The summed E-state index contributed by atoms with van der Waals surface area (Å²) in [7, 11) is 0. The molecule has 4 rings (SSSR count). The van der Waals surface area contributed by atoms with E-state index in [1.165, 1.54) is 24.1 Å². The topological polar surface area (TPSA) is 21.3 Å². The van der Waals surface area contributed by atoms with E-state index in [-0.39, 0.29) is 5.60 Å². The van der Waals surface area contributed by atoms with E-state index in [1.807, 2.05) is 0 Å². The molecule has 84 valence electrons. The van der Waals surface area contributed by atoms with Gasteiger partial charge in [-0.1, -0.05) is 25.1 Å². The molecule has 0 spiro atoms. The molecule has 0 aromatic heterocycles. The number of hydrogen-bond acceptors (Lipinski definition) is 2. The SMILES string of the molecule is C[C@]12CC[C@]3(C)OC1c1ccccc1NC23. The van der Waals surface area contributed by atoms with Crippen molar-refractivity contribution in [3.05, 3.63) is 29.8 Å². The fraction of sp³-hybridized carbons (Fsp3) is 0.571. The summed E-state index contributed by atoms with van der Waals surface area (Å²) < 4.78 is 6.34. The van der Waals surface area contributed by atoms with E-state index in [1.54, 1.807) is 0 Å². The van der Waals surface area contributed by atoms with E-state index in [4.69, 9.17) is 4.74 Å². The molecule has 4 atom stereocenters. The van der Waals surface area contributed by atoms with E-state index in [0.717, 1.165) is 0 Å². The van der Waals surface area contributed by atoms with Gasteiger partial charge in [-0.15, -0.1) is 0 Å². The minimum atomic E-state index is 0.0401. The van der Waals surface area contributed by atoms with Gasteiger partial charge in [0.15, 0.2) is 0 Å². The van der Waals surface area contributed by atoms with Gasteiger partial charge in [0.05, 0.1) is 17.7 Å². The van der Waals surface area contributed by atoms with Crippen LogP contribution in [0.2, 0.25) is 0 Å². The Morgan fingerprint density at radius 2 is 2.06 bits per heavy atom. The number of hydrogen-bond donors (Lipinski definition) is 1. The van der Waals surface area contributed by atoms with Crippen molar-refractivity contribution in [1.82, 2.24) is 0 Å². The average molecular weight is 215 g/mol. The maximum atomic E-state index is 6.34. The molecule has 3 aliphatic rings. The second kappa shape index (κ2) is 2.45. The molecular weight excluding hydrogens is 198 g/mol. The molecule has 1 aliphatic carbocycles. The predicted octanol–water partition coefficient (Wildman–Crippen LogP) is 3.11. The van der Waals surface area contributed by atoms with E-state index in [0.29, 0.717) is 17.6 Å². The lowest BCUT2D eigenvalue weighted by molar-refractivity contribution is -0.0764. The molecular formula is C14H17NO. The van der Waals surface area contributed by atoms with Crippen molar-refractivity contribution in [2.24, 2.45) is 5.41 Å². The van der Waals surface area contributed by atoms with Gasteiger partial charge in [-0.2, -0.15) is 0 Å². The van der Waals surface area contributed by atoms with Gasteiger partial charge in [-0.05, 0) is 25.8 Å². The van der Waals surface area contributed by atoms with Gasteiger partial charge in [0.1, 0.15) is 0 Å². The standard InChI is InChI=1S/C14H17NO/c1-13-7-8-14(2)12(13)15-10-6-4-3-5-9(10)11(13)16-14/h3-6,11-12,15H,7-8H2,1-2H3/t11?,12?,13-,14-/m0/s1. The van der Waals surface area contributed by atoms with Gasteiger partial charge in [-0.3, -0.25) is 0 Å². The van der Waals surface area contributed by atoms with Crippen molar-refractivity contribution in [2.75, 3.05) is 5.32 Å². The minimum absolute atomic E-state index is 0.0401. The molecule has 1 N–H and O–H groups in total. The number of para-hydroxylation sites is 1. The lowest BCUT2D eigenvalue weighted by Crippen LogP contribution is -2.43. The van der Waals surface area contributed by atoms with Crippen molar-refractivity contribution in [3.8, 4) is 0 Å². The summed E-state index contributed by atoms with van der Waals surface area (Å²) in [6.07, 6.45) is 2.76. The highest BCUT2D eigenvalue weighted by atomic mass is 16.5. The summed E-state index contributed by atoms with van der Waals surface area (Å²) in [5.74, 6) is 0. The molecule has 1 saturated carbocycles. The van der Waals surface area contributed by atoms with Crippen molar-refractivity contribution in [3.63, 3.8) is 0 Å². The lowest BCUT2D eigenvalue weighted by Gasteiger charge is -2.38. The maximum absolute atomic E-state index is 6.34. The zero-order valence-electron chi connectivity index (χ0n) is 9.79. The summed E-state index contributed by atoms with van der Waals surface area (Å²) in [5, 5.41) is 3.71. The number of nitrogens with one attached hydrogen (secondary N) is 1. The molecule has 2 fully saturated rings. The molecule has 0 radical (unpaired) electrons. The first kappa shape index (κ1) is 9.06. The number of fused-ring (bicyclic) bond motifs is 2. The normalized spacial score (nSPS) is 47.6. The molecule has 0 amide bonds. The summed E-state index contributed by atoms with van der Waals surface area (Å²) in [4.78, 5) is 0. The molecule has 1 aromatic carbocycles. The number of rotatable bonds is 0. The smallest absolute Gasteiger partial charge is 0.0927 e. The molecule has 2 heterocycles. The summed E-state index contributed by atoms with van der Waals surface area (Å²) >= 11 is 0. The van der Waals surface area contributed by atoms with Crippen LogP contribution in [0.25, 0.3) is 0 Å². The minimum Gasteiger partial charge on any atom is -0.378 e. The van der Waals surface area contributed by atoms with Gasteiger partial charge >= 0.3 is 0 Å². The molecule has 16 heavy (non-hydrogen) atoms. The molecule has 1 aromatic rings. The molecule has 2 aliphatic heterocycles. The summed E-state index contributed by atoms with van der Waals surface area (Å²) in [6.45, 7) is 4.64. The predicted molar refractivity (Wildman–Crippen MR) is 63.4 cm³/mol. The zero-order valence-corrected chi connectivity index (χ0v) is 9.79. The third kappa shape index (κ3) is 0.809. The van der Waals surface area contributed by atoms with Crippen LogP contribution in [0.4, 0.5) is 5.69 Å².